The minimum atomic E-state index is -1.06. The molecule has 1 amide bonds. The average Bonchev–Trinajstić information content (AvgIpc) is 2.74. The molecule has 8 nitrogen and oxygen atoms in total. The fraction of sp³-hybridized carbons (Fsp3) is 0.333. The number of hydrogen-bond acceptors (Lipinski definition) is 6. The number of carboxylic acid groups (broad SMARTS) is 1. The molecule has 2 heterocycles. The highest BCUT2D eigenvalue weighted by Crippen LogP contribution is 2.27. The largest absolute Gasteiger partial charge is 0.465 e. The molecule has 0 saturated heterocycles. The fourth-order valence-electron chi connectivity index (χ4n) is 3.69. The summed E-state index contributed by atoms with van der Waals surface area (Å²) in [6.07, 6.45) is 0.640. The van der Waals surface area contributed by atoms with Gasteiger partial charge < -0.3 is 15.7 Å². The maximum Gasteiger partial charge on any atom is 0.408 e. The van der Waals surface area contributed by atoms with Crippen molar-refractivity contribution in [3.05, 3.63) is 54.0 Å². The standard InChI is InChI=1S/C24H27FN6O2/c1-14(15(2)31(23(32)33)24(3,4)5)28-22-19(25)12-17(13-26)21(30-22)29-18-8-9-20-16(11-18)7-6-10-27-20/h6-12,14-15H,1-5H3,(H,32,33)(H2,28,29,30). The van der Waals surface area contributed by atoms with Crippen LogP contribution in [-0.4, -0.2) is 43.7 Å². The monoisotopic (exact) mass is 450 g/mol. The Morgan fingerprint density at radius 3 is 2.58 bits per heavy atom. The van der Waals surface area contributed by atoms with E-state index in [0.717, 1.165) is 17.0 Å². The first-order valence-electron chi connectivity index (χ1n) is 10.5. The molecule has 9 heteroatoms. The van der Waals surface area contributed by atoms with E-state index in [1.165, 1.54) is 4.90 Å². The molecule has 172 valence electrons. The molecule has 0 saturated carbocycles. The van der Waals surface area contributed by atoms with Crippen LogP contribution < -0.4 is 10.6 Å². The smallest absolute Gasteiger partial charge is 0.408 e. The predicted octanol–water partition coefficient (Wildman–Crippen LogP) is 5.35. The van der Waals surface area contributed by atoms with Crippen LogP contribution in [0, 0.1) is 17.1 Å². The highest BCUT2D eigenvalue weighted by molar-refractivity contribution is 5.83. The van der Waals surface area contributed by atoms with E-state index in [0.29, 0.717) is 5.69 Å². The summed E-state index contributed by atoms with van der Waals surface area (Å²) in [7, 11) is 0. The quantitative estimate of drug-likeness (QED) is 0.464. The Hall–Kier alpha value is -3.93. The number of carbonyl (C=O) groups is 1. The molecular weight excluding hydrogens is 423 g/mol. The predicted molar refractivity (Wildman–Crippen MR) is 126 cm³/mol. The lowest BCUT2D eigenvalue weighted by atomic mass is 10.0. The summed E-state index contributed by atoms with van der Waals surface area (Å²) in [5.74, 6) is -0.579. The van der Waals surface area contributed by atoms with Crippen LogP contribution >= 0.6 is 0 Å². The van der Waals surface area contributed by atoms with Crippen LogP contribution in [0.4, 0.5) is 26.5 Å². The van der Waals surface area contributed by atoms with Gasteiger partial charge in [-0.1, -0.05) is 6.07 Å². The Labute approximate surface area is 192 Å². The van der Waals surface area contributed by atoms with Crippen LogP contribution in [0.3, 0.4) is 0 Å². The number of fused-ring (bicyclic) bond motifs is 1. The van der Waals surface area contributed by atoms with Crippen LogP contribution in [0.1, 0.15) is 40.2 Å². The summed E-state index contributed by atoms with van der Waals surface area (Å²) >= 11 is 0. The first kappa shape index (κ1) is 23.7. The lowest BCUT2D eigenvalue weighted by Crippen LogP contribution is -2.55. The molecule has 0 bridgehead atoms. The number of pyridine rings is 2. The van der Waals surface area contributed by atoms with Gasteiger partial charge in [0.1, 0.15) is 6.07 Å². The van der Waals surface area contributed by atoms with Crippen LogP contribution in [0.5, 0.6) is 0 Å². The average molecular weight is 451 g/mol. The summed E-state index contributed by atoms with van der Waals surface area (Å²) < 4.78 is 14.7. The highest BCUT2D eigenvalue weighted by atomic mass is 19.1. The fourth-order valence-corrected chi connectivity index (χ4v) is 3.69. The molecule has 0 aliphatic rings. The number of nitrogens with one attached hydrogen (secondary N) is 2. The van der Waals surface area contributed by atoms with E-state index >= 15 is 0 Å². The van der Waals surface area contributed by atoms with E-state index in [1.54, 1.807) is 46.9 Å². The van der Waals surface area contributed by atoms with Crippen LogP contribution in [-0.2, 0) is 0 Å². The summed E-state index contributed by atoms with van der Waals surface area (Å²) in [4.78, 5) is 21.7. The Bertz CT molecular complexity index is 1220. The first-order chi connectivity index (χ1) is 15.5. The zero-order valence-corrected chi connectivity index (χ0v) is 19.2. The molecule has 0 radical (unpaired) electrons. The van der Waals surface area contributed by atoms with Crippen molar-refractivity contribution < 1.29 is 14.3 Å². The molecule has 1 aromatic carbocycles. The van der Waals surface area contributed by atoms with Gasteiger partial charge in [0.05, 0.1) is 17.1 Å². The second-order valence-electron chi connectivity index (χ2n) is 8.86. The first-order valence-corrected chi connectivity index (χ1v) is 10.5. The molecule has 2 unspecified atom stereocenters. The third-order valence-electron chi connectivity index (χ3n) is 5.39. The van der Waals surface area contributed by atoms with E-state index in [4.69, 9.17) is 0 Å². The van der Waals surface area contributed by atoms with Gasteiger partial charge in [-0.05, 0) is 65.0 Å². The van der Waals surface area contributed by atoms with E-state index < -0.39 is 29.5 Å². The van der Waals surface area contributed by atoms with Crippen LogP contribution in [0.25, 0.3) is 10.9 Å². The topological polar surface area (TPSA) is 114 Å². The number of hydrogen-bond donors (Lipinski definition) is 3. The van der Waals surface area contributed by atoms with Gasteiger partial charge >= 0.3 is 6.09 Å². The van der Waals surface area contributed by atoms with Crippen molar-refractivity contribution in [2.24, 2.45) is 0 Å². The second kappa shape index (κ2) is 9.28. The number of nitriles is 1. The Kier molecular flexibility index (Phi) is 6.68. The molecule has 2 atom stereocenters. The second-order valence-corrected chi connectivity index (χ2v) is 8.86. The number of nitrogens with zero attached hydrogens (tertiary/aromatic N) is 4. The molecule has 3 N–H and O–H groups in total. The molecule has 0 fully saturated rings. The molecule has 0 spiro atoms. The lowest BCUT2D eigenvalue weighted by molar-refractivity contribution is 0.0710. The zero-order chi connectivity index (χ0) is 24.3. The highest BCUT2D eigenvalue weighted by Gasteiger charge is 2.34. The summed E-state index contributed by atoms with van der Waals surface area (Å²) in [6.45, 7) is 8.90. The minimum absolute atomic E-state index is 0.0480. The number of benzene rings is 1. The number of rotatable bonds is 6. The lowest BCUT2D eigenvalue weighted by Gasteiger charge is -2.40. The maximum atomic E-state index is 14.7. The van der Waals surface area contributed by atoms with Crippen molar-refractivity contribution in [2.75, 3.05) is 10.6 Å². The van der Waals surface area contributed by atoms with Crippen molar-refractivity contribution >= 4 is 34.3 Å². The van der Waals surface area contributed by atoms with E-state index in [2.05, 4.69) is 20.6 Å². The van der Waals surface area contributed by atoms with E-state index in [1.807, 2.05) is 30.3 Å². The zero-order valence-electron chi connectivity index (χ0n) is 19.2. The van der Waals surface area contributed by atoms with Crippen molar-refractivity contribution in [3.63, 3.8) is 0 Å². The van der Waals surface area contributed by atoms with Gasteiger partial charge in [0, 0.05) is 28.9 Å². The molecule has 33 heavy (non-hydrogen) atoms. The molecule has 3 rings (SSSR count). The molecule has 3 aromatic rings. The van der Waals surface area contributed by atoms with E-state index in [-0.39, 0.29) is 17.2 Å². The van der Waals surface area contributed by atoms with Crippen molar-refractivity contribution in [3.8, 4) is 6.07 Å². The number of anilines is 3. The summed E-state index contributed by atoms with van der Waals surface area (Å²) in [5, 5.41) is 26.1. The maximum absolute atomic E-state index is 14.7. The summed E-state index contributed by atoms with van der Waals surface area (Å²) in [5.41, 5.74) is 0.896. The Morgan fingerprint density at radius 2 is 1.94 bits per heavy atom. The van der Waals surface area contributed by atoms with Gasteiger partial charge in [-0.15, -0.1) is 0 Å². The molecule has 0 aliphatic carbocycles. The van der Waals surface area contributed by atoms with Crippen LogP contribution in [0.15, 0.2) is 42.6 Å². The van der Waals surface area contributed by atoms with Crippen molar-refractivity contribution in [1.29, 1.82) is 5.26 Å². The molecule has 0 aliphatic heterocycles. The van der Waals surface area contributed by atoms with Crippen molar-refractivity contribution in [2.45, 2.75) is 52.2 Å². The van der Waals surface area contributed by atoms with Crippen LogP contribution in [0.2, 0.25) is 0 Å². The molecule has 2 aromatic heterocycles. The summed E-state index contributed by atoms with van der Waals surface area (Å²) in [6, 6.07) is 11.4. The van der Waals surface area contributed by atoms with Crippen molar-refractivity contribution in [1.82, 2.24) is 14.9 Å². The Balaban J connectivity index is 1.89. The van der Waals surface area contributed by atoms with Gasteiger partial charge in [-0.2, -0.15) is 5.26 Å². The number of aromatic nitrogens is 2. The van der Waals surface area contributed by atoms with Gasteiger partial charge in [0.15, 0.2) is 17.5 Å². The third kappa shape index (κ3) is 5.29. The number of amides is 1. The van der Waals surface area contributed by atoms with Gasteiger partial charge in [0.2, 0.25) is 0 Å². The SMILES string of the molecule is CC(Nc1nc(Nc2ccc3ncccc3c2)c(C#N)cc1F)C(C)N(C(=O)O)C(C)(C)C. The van der Waals surface area contributed by atoms with Gasteiger partial charge in [0.25, 0.3) is 0 Å². The minimum Gasteiger partial charge on any atom is -0.465 e. The van der Waals surface area contributed by atoms with E-state index in [9.17, 15) is 19.6 Å². The normalized spacial score (nSPS) is 13.1. The van der Waals surface area contributed by atoms with Gasteiger partial charge in [-0.25, -0.2) is 14.2 Å². The van der Waals surface area contributed by atoms with Gasteiger partial charge in [-0.3, -0.25) is 9.88 Å². The molecular formula is C24H27FN6O2. The number of halogens is 1. The Morgan fingerprint density at radius 1 is 1.21 bits per heavy atom. The third-order valence-corrected chi connectivity index (χ3v) is 5.39.